The van der Waals surface area contributed by atoms with Crippen LogP contribution < -0.4 is 10.1 Å². The summed E-state index contributed by atoms with van der Waals surface area (Å²) in [5.74, 6) is -0.0959. The van der Waals surface area contributed by atoms with Gasteiger partial charge >= 0.3 is 6.03 Å². The molecular formula is C19H21FN2O4. The van der Waals surface area contributed by atoms with Crippen molar-refractivity contribution < 1.29 is 23.8 Å². The Morgan fingerprint density at radius 3 is 2.58 bits per heavy atom. The molecule has 0 aromatic heterocycles. The van der Waals surface area contributed by atoms with Crippen molar-refractivity contribution in [2.75, 3.05) is 25.1 Å². The molecule has 0 bridgehead atoms. The van der Waals surface area contributed by atoms with Gasteiger partial charge in [-0.25, -0.2) is 9.18 Å². The van der Waals surface area contributed by atoms with Crippen molar-refractivity contribution in [2.24, 2.45) is 0 Å². The highest BCUT2D eigenvalue weighted by Gasteiger charge is 2.34. The van der Waals surface area contributed by atoms with Crippen molar-refractivity contribution in [3.63, 3.8) is 0 Å². The number of hydrogen-bond donors (Lipinski definition) is 2. The second kappa shape index (κ2) is 8.16. The fourth-order valence-electron chi connectivity index (χ4n) is 2.85. The van der Waals surface area contributed by atoms with Crippen molar-refractivity contribution in [3.05, 3.63) is 54.3 Å². The number of aliphatic hydroxyl groups is 1. The van der Waals surface area contributed by atoms with Crippen LogP contribution in [0.4, 0.5) is 14.9 Å². The van der Waals surface area contributed by atoms with E-state index in [1.54, 1.807) is 36.4 Å². The van der Waals surface area contributed by atoms with Gasteiger partial charge in [0, 0.05) is 6.54 Å². The molecule has 7 heteroatoms. The Morgan fingerprint density at radius 2 is 1.92 bits per heavy atom. The number of carbonyl (C=O) groups is 1. The van der Waals surface area contributed by atoms with Gasteiger partial charge in [-0.2, -0.15) is 0 Å². The molecule has 0 unspecified atom stereocenters. The van der Waals surface area contributed by atoms with Gasteiger partial charge in [0.2, 0.25) is 0 Å². The molecule has 0 radical (unpaired) electrons. The first-order chi connectivity index (χ1) is 12.6. The summed E-state index contributed by atoms with van der Waals surface area (Å²) in [5, 5.41) is 12.7. The number of benzene rings is 2. The van der Waals surface area contributed by atoms with Crippen LogP contribution in [0.15, 0.2) is 48.5 Å². The van der Waals surface area contributed by atoms with E-state index in [0.29, 0.717) is 18.0 Å². The highest BCUT2D eigenvalue weighted by Crippen LogP contribution is 2.31. The molecule has 1 fully saturated rings. The highest BCUT2D eigenvalue weighted by atomic mass is 19.1. The van der Waals surface area contributed by atoms with E-state index in [9.17, 15) is 14.3 Å². The van der Waals surface area contributed by atoms with Crippen LogP contribution in [-0.2, 0) is 4.74 Å². The Morgan fingerprint density at radius 1 is 1.23 bits per heavy atom. The summed E-state index contributed by atoms with van der Waals surface area (Å²) in [6, 6.07) is 12.1. The Bertz CT molecular complexity index is 771. The zero-order chi connectivity index (χ0) is 18.5. The van der Waals surface area contributed by atoms with E-state index in [1.807, 2.05) is 6.92 Å². The summed E-state index contributed by atoms with van der Waals surface area (Å²) in [6.07, 6.45) is -0.717. The minimum Gasteiger partial charge on any atom is -0.452 e. The Kier molecular flexibility index (Phi) is 5.70. The zero-order valence-electron chi connectivity index (χ0n) is 14.4. The number of amides is 2. The molecule has 138 valence electrons. The summed E-state index contributed by atoms with van der Waals surface area (Å²) in [7, 11) is 0. The molecule has 6 nitrogen and oxygen atoms in total. The predicted octanol–water partition coefficient (Wildman–Crippen LogP) is 3.23. The SMILES string of the molecule is CCN(C(=O)Nc1ccccc1Oc1ccccc1F)[C@@H]1COC[C@H]1O. The van der Waals surface area contributed by atoms with Crippen molar-refractivity contribution >= 4 is 11.7 Å². The smallest absolute Gasteiger partial charge is 0.322 e. The Hall–Kier alpha value is -2.64. The lowest BCUT2D eigenvalue weighted by molar-refractivity contribution is 0.1000. The number of aliphatic hydroxyl groups excluding tert-OH is 1. The molecule has 1 aliphatic rings. The van der Waals surface area contributed by atoms with Crippen LogP contribution in [-0.4, -0.2) is 47.9 Å². The summed E-state index contributed by atoms with van der Waals surface area (Å²) in [6.45, 7) is 2.73. The monoisotopic (exact) mass is 360 g/mol. The quantitative estimate of drug-likeness (QED) is 0.859. The van der Waals surface area contributed by atoms with Gasteiger partial charge in [0.25, 0.3) is 0 Å². The van der Waals surface area contributed by atoms with E-state index in [1.165, 1.54) is 17.0 Å². The number of nitrogens with one attached hydrogen (secondary N) is 1. The average molecular weight is 360 g/mol. The van der Waals surface area contributed by atoms with Crippen LogP contribution in [0.25, 0.3) is 0 Å². The molecule has 0 spiro atoms. The van der Waals surface area contributed by atoms with Crippen molar-refractivity contribution in [1.29, 1.82) is 0 Å². The summed E-state index contributed by atoms with van der Waals surface area (Å²) >= 11 is 0. The Labute approximate surface area is 151 Å². The molecule has 3 rings (SSSR count). The Balaban J connectivity index is 1.77. The molecule has 1 heterocycles. The number of rotatable bonds is 5. The molecule has 2 aromatic rings. The molecular weight excluding hydrogens is 339 g/mol. The highest BCUT2D eigenvalue weighted by molar-refractivity contribution is 5.91. The van der Waals surface area contributed by atoms with E-state index >= 15 is 0 Å². The number of likely N-dealkylation sites (N-methyl/N-ethyl adjacent to an activating group) is 1. The minimum atomic E-state index is -0.717. The zero-order valence-corrected chi connectivity index (χ0v) is 14.4. The van der Waals surface area contributed by atoms with Crippen LogP contribution in [0.2, 0.25) is 0 Å². The average Bonchev–Trinajstić information content (AvgIpc) is 3.05. The second-order valence-corrected chi connectivity index (χ2v) is 5.92. The molecule has 2 N–H and O–H groups in total. The van der Waals surface area contributed by atoms with Crippen LogP contribution in [0.3, 0.4) is 0 Å². The van der Waals surface area contributed by atoms with Crippen molar-refractivity contribution in [2.45, 2.75) is 19.1 Å². The maximum atomic E-state index is 13.8. The maximum Gasteiger partial charge on any atom is 0.322 e. The molecule has 26 heavy (non-hydrogen) atoms. The standard InChI is InChI=1S/C19H21FN2O4/c1-2-22(15-11-25-12-16(15)23)19(24)21-14-8-4-6-10-18(14)26-17-9-5-3-7-13(17)20/h3-10,15-16,23H,2,11-12H2,1H3,(H,21,24)/t15-,16-/m1/s1. The van der Waals surface area contributed by atoms with E-state index < -0.39 is 18.0 Å². The second-order valence-electron chi connectivity index (χ2n) is 5.92. The number of anilines is 1. The van der Waals surface area contributed by atoms with E-state index in [-0.39, 0.29) is 25.0 Å². The third kappa shape index (κ3) is 3.95. The van der Waals surface area contributed by atoms with Crippen LogP contribution in [0, 0.1) is 5.82 Å². The largest absolute Gasteiger partial charge is 0.452 e. The number of nitrogens with zero attached hydrogens (tertiary/aromatic N) is 1. The van der Waals surface area contributed by atoms with Gasteiger partial charge in [0.05, 0.1) is 31.0 Å². The first-order valence-electron chi connectivity index (χ1n) is 8.45. The van der Waals surface area contributed by atoms with Crippen LogP contribution in [0.1, 0.15) is 6.92 Å². The lowest BCUT2D eigenvalue weighted by atomic mass is 10.2. The number of carbonyl (C=O) groups excluding carboxylic acids is 1. The topological polar surface area (TPSA) is 71.0 Å². The third-order valence-electron chi connectivity index (χ3n) is 4.21. The molecule has 1 aliphatic heterocycles. The van der Waals surface area contributed by atoms with Gasteiger partial charge in [-0.3, -0.25) is 0 Å². The first-order valence-corrected chi connectivity index (χ1v) is 8.45. The minimum absolute atomic E-state index is 0.0705. The number of hydrogen-bond acceptors (Lipinski definition) is 4. The van der Waals surface area contributed by atoms with E-state index in [4.69, 9.17) is 9.47 Å². The molecule has 0 saturated carbocycles. The van der Waals surface area contributed by atoms with Gasteiger partial charge in [0.1, 0.15) is 0 Å². The van der Waals surface area contributed by atoms with E-state index in [0.717, 1.165) is 0 Å². The predicted molar refractivity (Wildman–Crippen MR) is 94.9 cm³/mol. The molecule has 2 aromatic carbocycles. The number of urea groups is 1. The molecule has 2 atom stereocenters. The third-order valence-corrected chi connectivity index (χ3v) is 4.21. The fraction of sp³-hybridized carbons (Fsp3) is 0.316. The fourth-order valence-corrected chi connectivity index (χ4v) is 2.85. The van der Waals surface area contributed by atoms with Crippen molar-refractivity contribution in [1.82, 2.24) is 4.90 Å². The van der Waals surface area contributed by atoms with E-state index in [2.05, 4.69) is 5.32 Å². The number of ether oxygens (including phenoxy) is 2. The van der Waals surface area contributed by atoms with Gasteiger partial charge in [0.15, 0.2) is 17.3 Å². The van der Waals surface area contributed by atoms with Gasteiger partial charge in [-0.15, -0.1) is 0 Å². The summed E-state index contributed by atoms with van der Waals surface area (Å²) < 4.78 is 24.7. The summed E-state index contributed by atoms with van der Waals surface area (Å²) in [5.41, 5.74) is 0.410. The lowest BCUT2D eigenvalue weighted by Crippen LogP contribution is -2.48. The van der Waals surface area contributed by atoms with Gasteiger partial charge in [-0.05, 0) is 31.2 Å². The van der Waals surface area contributed by atoms with Crippen molar-refractivity contribution in [3.8, 4) is 11.5 Å². The number of para-hydroxylation sites is 3. The van der Waals surface area contributed by atoms with Gasteiger partial charge < -0.3 is 24.8 Å². The molecule has 2 amide bonds. The molecule has 0 aliphatic carbocycles. The molecule has 1 saturated heterocycles. The van der Waals surface area contributed by atoms with Crippen LogP contribution >= 0.6 is 0 Å². The van der Waals surface area contributed by atoms with Gasteiger partial charge in [-0.1, -0.05) is 24.3 Å². The lowest BCUT2D eigenvalue weighted by Gasteiger charge is -2.29. The normalized spacial score (nSPS) is 19.2. The van der Waals surface area contributed by atoms with Crippen LogP contribution in [0.5, 0.6) is 11.5 Å². The number of halogens is 1. The first kappa shape index (κ1) is 18.2. The maximum absolute atomic E-state index is 13.8. The summed E-state index contributed by atoms with van der Waals surface area (Å²) in [4.78, 5) is 14.2.